The van der Waals surface area contributed by atoms with Crippen LogP contribution in [-0.4, -0.2) is 57.1 Å². The van der Waals surface area contributed by atoms with Gasteiger partial charge in [-0.3, -0.25) is 9.69 Å². The average molecular weight is 535 g/mol. The minimum atomic E-state index is -0.599. The molecule has 5 rings (SSSR count). The average Bonchev–Trinajstić information content (AvgIpc) is 3.51. The molecule has 3 fully saturated rings. The molecule has 3 aliphatic rings. The van der Waals surface area contributed by atoms with Gasteiger partial charge in [0.05, 0.1) is 11.8 Å². The van der Waals surface area contributed by atoms with Crippen LogP contribution in [0.5, 0.6) is 0 Å². The van der Waals surface area contributed by atoms with E-state index in [2.05, 4.69) is 37.8 Å². The summed E-state index contributed by atoms with van der Waals surface area (Å²) in [5, 5.41) is 9.53. The fraction of sp³-hybridized carbons (Fsp3) is 0.517. The van der Waals surface area contributed by atoms with E-state index in [0.29, 0.717) is 42.0 Å². The van der Waals surface area contributed by atoms with Gasteiger partial charge in [-0.25, -0.2) is 14.2 Å². The molecule has 0 bridgehead atoms. The molecule has 2 amide bonds. The van der Waals surface area contributed by atoms with Crippen molar-refractivity contribution >= 4 is 29.5 Å². The highest BCUT2D eigenvalue weighted by atomic mass is 19.1. The van der Waals surface area contributed by atoms with Crippen molar-refractivity contribution < 1.29 is 18.7 Å². The lowest BCUT2D eigenvalue weighted by molar-refractivity contribution is -0.126. The van der Waals surface area contributed by atoms with Crippen LogP contribution in [0.2, 0.25) is 0 Å². The number of aromatic nitrogens is 2. The predicted octanol–water partition coefficient (Wildman–Crippen LogP) is 4.58. The minimum Gasteiger partial charge on any atom is -0.444 e. The summed E-state index contributed by atoms with van der Waals surface area (Å²) in [6.45, 7) is 5.99. The second kappa shape index (κ2) is 11.1. The molecule has 1 saturated heterocycles. The Morgan fingerprint density at radius 1 is 1.15 bits per heavy atom. The Hall–Kier alpha value is -3.87. The second-order valence-electron chi connectivity index (χ2n) is 11.5. The van der Waals surface area contributed by atoms with E-state index in [1.165, 1.54) is 17.0 Å². The summed E-state index contributed by atoms with van der Waals surface area (Å²) in [6.07, 6.45) is 6.34. The monoisotopic (exact) mass is 534 g/mol. The van der Waals surface area contributed by atoms with E-state index in [1.807, 2.05) is 20.8 Å². The molecule has 2 saturated carbocycles. The van der Waals surface area contributed by atoms with E-state index >= 15 is 0 Å². The van der Waals surface area contributed by atoms with Crippen LogP contribution in [0.15, 0.2) is 30.5 Å². The first-order chi connectivity index (χ1) is 18.6. The third kappa shape index (κ3) is 7.16. The fourth-order valence-corrected chi connectivity index (χ4v) is 4.67. The number of nitrogens with one attached hydrogen (secondary N) is 3. The Morgan fingerprint density at radius 2 is 1.95 bits per heavy atom. The topological polar surface area (TPSA) is 108 Å². The van der Waals surface area contributed by atoms with Crippen LogP contribution in [0.25, 0.3) is 0 Å². The molecule has 1 aromatic carbocycles. The zero-order valence-corrected chi connectivity index (χ0v) is 22.6. The largest absolute Gasteiger partial charge is 0.444 e. The van der Waals surface area contributed by atoms with Gasteiger partial charge in [0.25, 0.3) is 0 Å². The van der Waals surface area contributed by atoms with Crippen molar-refractivity contribution in [1.82, 2.24) is 20.2 Å². The Labute approximate surface area is 228 Å². The number of carbonyl (C=O) groups excluding carboxylic acids is 2. The summed E-state index contributed by atoms with van der Waals surface area (Å²) in [5.74, 6) is 7.23. The van der Waals surface area contributed by atoms with Gasteiger partial charge in [0.1, 0.15) is 23.3 Å². The first kappa shape index (κ1) is 26.7. The maximum atomic E-state index is 13.5. The number of hydrogen-bond donors (Lipinski definition) is 3. The van der Waals surface area contributed by atoms with Crippen molar-refractivity contribution in [1.29, 1.82) is 0 Å². The number of hydrogen-bond acceptors (Lipinski definition) is 7. The standard InChI is InChI=1S/C29H35FN6O3/c1-29(2,3)39-28(38)36-13-5-8-24(36)26(37)33-23-14-18(15-23)9-10-19-17-31-27(35-25(19)32-21-11-12-21)34-22-7-4-6-20(30)16-22/h4,6-7,16-18,21,23-24H,5,8,11-15H2,1-3H3,(H,33,37)(H2,31,32,34,35)/t18-,23+,24-/m0/s1. The lowest BCUT2D eigenvalue weighted by Crippen LogP contribution is -2.52. The normalized spacial score (nSPS) is 22.3. The number of likely N-dealkylation sites (tertiary alicyclic amines) is 1. The Morgan fingerprint density at radius 3 is 2.67 bits per heavy atom. The Kier molecular flexibility index (Phi) is 7.60. The third-order valence-corrected chi connectivity index (χ3v) is 6.87. The molecule has 206 valence electrons. The van der Waals surface area contributed by atoms with Gasteiger partial charge in [0, 0.05) is 30.2 Å². The zero-order valence-electron chi connectivity index (χ0n) is 22.6. The molecule has 3 N–H and O–H groups in total. The molecule has 2 aromatic rings. The SMILES string of the molecule is CC(C)(C)OC(=O)N1CCC[C@H]1C(=O)N[C@H]1C[C@@H](C#Cc2cnc(Nc3cccc(F)c3)nc2NC2CC2)C1. The van der Waals surface area contributed by atoms with E-state index in [-0.39, 0.29) is 23.7 Å². The quantitative estimate of drug-likeness (QED) is 0.466. The summed E-state index contributed by atoms with van der Waals surface area (Å²) >= 11 is 0. The van der Waals surface area contributed by atoms with Gasteiger partial charge >= 0.3 is 6.09 Å². The number of amides is 2. The molecule has 2 heterocycles. The highest BCUT2D eigenvalue weighted by Gasteiger charge is 2.39. The fourth-order valence-electron chi connectivity index (χ4n) is 4.67. The smallest absolute Gasteiger partial charge is 0.410 e. The molecule has 1 aromatic heterocycles. The zero-order chi connectivity index (χ0) is 27.6. The van der Waals surface area contributed by atoms with Gasteiger partial charge < -0.3 is 20.7 Å². The molecular formula is C29H35FN6O3. The predicted molar refractivity (Wildman–Crippen MR) is 146 cm³/mol. The molecule has 0 radical (unpaired) electrons. The highest BCUT2D eigenvalue weighted by molar-refractivity contribution is 5.86. The van der Waals surface area contributed by atoms with Crippen LogP contribution < -0.4 is 16.0 Å². The molecule has 2 aliphatic carbocycles. The maximum Gasteiger partial charge on any atom is 0.410 e. The molecule has 1 atom stereocenters. The van der Waals surface area contributed by atoms with Crippen LogP contribution in [0.1, 0.15) is 64.9 Å². The number of anilines is 3. The Balaban J connectivity index is 1.16. The van der Waals surface area contributed by atoms with Gasteiger partial charge in [-0.1, -0.05) is 17.9 Å². The minimum absolute atomic E-state index is 0.0380. The lowest BCUT2D eigenvalue weighted by atomic mass is 9.80. The number of rotatable bonds is 6. The van der Waals surface area contributed by atoms with Gasteiger partial charge in [-0.15, -0.1) is 0 Å². The van der Waals surface area contributed by atoms with Gasteiger partial charge in [-0.05, 0) is 77.5 Å². The third-order valence-electron chi connectivity index (χ3n) is 6.87. The summed E-state index contributed by atoms with van der Waals surface area (Å²) in [6, 6.07) is 6.07. The summed E-state index contributed by atoms with van der Waals surface area (Å²) < 4.78 is 19.0. The van der Waals surface area contributed by atoms with E-state index in [4.69, 9.17) is 4.74 Å². The van der Waals surface area contributed by atoms with Crippen LogP contribution >= 0.6 is 0 Å². The number of carbonyl (C=O) groups is 2. The van der Waals surface area contributed by atoms with Crippen molar-refractivity contribution in [3.63, 3.8) is 0 Å². The number of halogens is 1. The maximum absolute atomic E-state index is 13.5. The molecule has 0 spiro atoms. The van der Waals surface area contributed by atoms with Crippen molar-refractivity contribution in [3.8, 4) is 11.8 Å². The molecule has 10 heteroatoms. The Bertz CT molecular complexity index is 1290. The van der Waals surface area contributed by atoms with E-state index < -0.39 is 17.7 Å². The van der Waals surface area contributed by atoms with E-state index in [9.17, 15) is 14.0 Å². The first-order valence-corrected chi connectivity index (χ1v) is 13.6. The van der Waals surface area contributed by atoms with Gasteiger partial charge in [-0.2, -0.15) is 4.98 Å². The lowest BCUT2D eigenvalue weighted by Gasteiger charge is -2.34. The highest BCUT2D eigenvalue weighted by Crippen LogP contribution is 2.30. The second-order valence-corrected chi connectivity index (χ2v) is 11.5. The molecule has 39 heavy (non-hydrogen) atoms. The number of nitrogens with zero attached hydrogens (tertiary/aromatic N) is 3. The molecular weight excluding hydrogens is 499 g/mol. The van der Waals surface area contributed by atoms with Crippen LogP contribution in [-0.2, 0) is 9.53 Å². The summed E-state index contributed by atoms with van der Waals surface area (Å²) in [4.78, 5) is 35.9. The van der Waals surface area contributed by atoms with Crippen molar-refractivity contribution in [2.75, 3.05) is 17.2 Å². The molecule has 0 unspecified atom stereocenters. The van der Waals surface area contributed by atoms with Crippen LogP contribution in [0.3, 0.4) is 0 Å². The summed E-state index contributed by atoms with van der Waals surface area (Å²) in [5.41, 5.74) is 0.677. The van der Waals surface area contributed by atoms with E-state index in [0.717, 1.165) is 32.1 Å². The number of ether oxygens (including phenoxy) is 1. The molecule has 1 aliphatic heterocycles. The van der Waals surface area contributed by atoms with Crippen LogP contribution in [0, 0.1) is 23.6 Å². The van der Waals surface area contributed by atoms with Gasteiger partial charge in [0.2, 0.25) is 11.9 Å². The first-order valence-electron chi connectivity index (χ1n) is 13.6. The van der Waals surface area contributed by atoms with Crippen molar-refractivity contribution in [3.05, 3.63) is 41.8 Å². The molecule has 9 nitrogen and oxygen atoms in total. The number of benzene rings is 1. The van der Waals surface area contributed by atoms with Crippen molar-refractivity contribution in [2.24, 2.45) is 5.92 Å². The van der Waals surface area contributed by atoms with Crippen LogP contribution in [0.4, 0.5) is 26.6 Å². The van der Waals surface area contributed by atoms with E-state index in [1.54, 1.807) is 18.3 Å². The van der Waals surface area contributed by atoms with Gasteiger partial charge in [0.15, 0.2) is 0 Å². The van der Waals surface area contributed by atoms with Crippen molar-refractivity contribution in [2.45, 2.75) is 83.0 Å². The summed E-state index contributed by atoms with van der Waals surface area (Å²) in [7, 11) is 0.